The summed E-state index contributed by atoms with van der Waals surface area (Å²) in [5, 5.41) is 20.2. The Balaban J connectivity index is 1.87. The second-order valence-corrected chi connectivity index (χ2v) is 5.30. The first-order valence-corrected chi connectivity index (χ1v) is 6.93. The van der Waals surface area contributed by atoms with Gasteiger partial charge in [-0.1, -0.05) is 12.1 Å². The zero-order chi connectivity index (χ0) is 15.7. The molecule has 5 heteroatoms. The first-order chi connectivity index (χ1) is 10.5. The largest absolute Gasteiger partial charge is 0.508 e. The van der Waals surface area contributed by atoms with Gasteiger partial charge in [-0.3, -0.25) is 10.1 Å². The number of ether oxygens (including phenoxy) is 1. The van der Waals surface area contributed by atoms with E-state index in [0.29, 0.717) is 18.8 Å². The fourth-order valence-corrected chi connectivity index (χ4v) is 2.57. The van der Waals surface area contributed by atoms with Crippen LogP contribution >= 0.6 is 0 Å². The molecule has 1 aliphatic rings. The molecule has 3 rings (SSSR count). The van der Waals surface area contributed by atoms with Crippen molar-refractivity contribution in [2.75, 3.05) is 6.61 Å². The first kappa shape index (κ1) is 14.1. The van der Waals surface area contributed by atoms with Gasteiger partial charge in [0, 0.05) is 23.8 Å². The van der Waals surface area contributed by atoms with Crippen molar-refractivity contribution in [3.63, 3.8) is 0 Å². The molecule has 0 saturated carbocycles. The number of aromatic hydroxyl groups is 1. The molecule has 0 saturated heterocycles. The zero-order valence-electron chi connectivity index (χ0n) is 12.1. The minimum atomic E-state index is -0.402. The highest BCUT2D eigenvalue weighted by Crippen LogP contribution is 2.36. The predicted octanol–water partition coefficient (Wildman–Crippen LogP) is 3.71. The van der Waals surface area contributed by atoms with Gasteiger partial charge in [0.15, 0.2) is 0 Å². The van der Waals surface area contributed by atoms with Crippen LogP contribution in [-0.4, -0.2) is 16.6 Å². The highest BCUT2D eigenvalue weighted by molar-refractivity contribution is 5.74. The Morgan fingerprint density at radius 3 is 2.64 bits per heavy atom. The average molecular weight is 297 g/mol. The van der Waals surface area contributed by atoms with E-state index in [2.05, 4.69) is 0 Å². The number of hydrogen-bond acceptors (Lipinski definition) is 4. The van der Waals surface area contributed by atoms with Gasteiger partial charge in [0.05, 0.1) is 4.92 Å². The van der Waals surface area contributed by atoms with Gasteiger partial charge in [-0.25, -0.2) is 0 Å². The van der Waals surface area contributed by atoms with Crippen molar-refractivity contribution in [2.24, 2.45) is 0 Å². The topological polar surface area (TPSA) is 72.6 Å². The summed E-state index contributed by atoms with van der Waals surface area (Å²) in [6.45, 7) is 2.48. The van der Waals surface area contributed by atoms with Crippen LogP contribution in [0.3, 0.4) is 0 Å². The van der Waals surface area contributed by atoms with Gasteiger partial charge in [0.2, 0.25) is 0 Å². The van der Waals surface area contributed by atoms with Crippen LogP contribution in [-0.2, 0) is 6.42 Å². The number of allylic oxidation sites excluding steroid dienone is 1. The number of non-ortho nitro benzene ring substituents is 1. The van der Waals surface area contributed by atoms with Crippen molar-refractivity contribution in [3.8, 4) is 11.5 Å². The summed E-state index contributed by atoms with van der Waals surface area (Å²) < 4.78 is 5.70. The van der Waals surface area contributed by atoms with E-state index in [4.69, 9.17) is 4.74 Å². The van der Waals surface area contributed by atoms with Crippen LogP contribution < -0.4 is 4.74 Å². The summed E-state index contributed by atoms with van der Waals surface area (Å²) in [6.07, 6.45) is 0.685. The minimum absolute atomic E-state index is 0.0927. The Kier molecular flexibility index (Phi) is 3.55. The Labute approximate surface area is 127 Å². The van der Waals surface area contributed by atoms with Gasteiger partial charge in [0.1, 0.15) is 18.1 Å². The van der Waals surface area contributed by atoms with Gasteiger partial charge in [-0.2, -0.15) is 0 Å². The Hall–Kier alpha value is -2.82. The molecule has 0 bridgehead atoms. The third-order valence-electron chi connectivity index (χ3n) is 3.87. The summed E-state index contributed by atoms with van der Waals surface area (Å²) in [4.78, 5) is 10.3. The molecule has 0 fully saturated rings. The molecule has 0 unspecified atom stereocenters. The number of phenolic OH excluding ortho intramolecular Hbond substituents is 1. The van der Waals surface area contributed by atoms with Gasteiger partial charge < -0.3 is 9.84 Å². The number of nitrogens with zero attached hydrogens (tertiary/aromatic N) is 1. The van der Waals surface area contributed by atoms with Crippen molar-refractivity contribution in [3.05, 3.63) is 69.3 Å². The van der Waals surface area contributed by atoms with Crippen LogP contribution in [0.2, 0.25) is 0 Å². The number of nitro groups is 1. The second-order valence-electron chi connectivity index (χ2n) is 5.30. The average Bonchev–Trinajstić information content (AvgIpc) is 2.50. The SMILES string of the molecule is CC1=C(Cc2ccc([N+](=O)[O-])cc2)COc2cc(O)ccc21. The van der Waals surface area contributed by atoms with Gasteiger partial charge >= 0.3 is 0 Å². The Bertz CT molecular complexity index is 763. The fraction of sp³-hybridized carbons (Fsp3) is 0.176. The molecule has 112 valence electrons. The van der Waals surface area contributed by atoms with Crippen LogP contribution in [0.15, 0.2) is 48.0 Å². The molecular formula is C17H15NO4. The number of benzene rings is 2. The monoisotopic (exact) mass is 297 g/mol. The van der Waals surface area contributed by atoms with E-state index in [1.54, 1.807) is 24.3 Å². The molecule has 2 aromatic rings. The number of nitro benzene ring substituents is 1. The number of phenols is 1. The van der Waals surface area contributed by atoms with Gasteiger partial charge in [-0.15, -0.1) is 0 Å². The van der Waals surface area contributed by atoms with E-state index in [-0.39, 0.29) is 11.4 Å². The third-order valence-corrected chi connectivity index (χ3v) is 3.87. The van der Waals surface area contributed by atoms with Gasteiger partial charge in [-0.05, 0) is 42.2 Å². The Morgan fingerprint density at radius 2 is 1.95 bits per heavy atom. The lowest BCUT2D eigenvalue weighted by Gasteiger charge is -2.22. The highest BCUT2D eigenvalue weighted by atomic mass is 16.6. The van der Waals surface area contributed by atoms with Crippen LogP contribution in [0.25, 0.3) is 5.57 Å². The molecule has 22 heavy (non-hydrogen) atoms. The maximum Gasteiger partial charge on any atom is 0.269 e. The number of hydrogen-bond donors (Lipinski definition) is 1. The van der Waals surface area contributed by atoms with Crippen molar-refractivity contribution >= 4 is 11.3 Å². The summed E-state index contributed by atoms with van der Waals surface area (Å²) in [6, 6.07) is 11.7. The standard InChI is InChI=1S/C17H15NO4/c1-11-13(8-12-2-4-14(5-3-12)18(20)21)10-22-17-9-15(19)6-7-16(11)17/h2-7,9,19H,8,10H2,1H3. The van der Waals surface area contributed by atoms with Crippen molar-refractivity contribution in [1.29, 1.82) is 0 Å². The minimum Gasteiger partial charge on any atom is -0.508 e. The molecule has 2 aromatic carbocycles. The molecule has 0 atom stereocenters. The molecular weight excluding hydrogens is 282 g/mol. The van der Waals surface area contributed by atoms with Crippen LogP contribution in [0.4, 0.5) is 5.69 Å². The van der Waals surface area contributed by atoms with E-state index < -0.39 is 4.92 Å². The van der Waals surface area contributed by atoms with Crippen LogP contribution in [0, 0.1) is 10.1 Å². The lowest BCUT2D eigenvalue weighted by atomic mass is 9.94. The van der Waals surface area contributed by atoms with Crippen LogP contribution in [0.1, 0.15) is 18.1 Å². The zero-order valence-corrected chi connectivity index (χ0v) is 12.1. The lowest BCUT2D eigenvalue weighted by Crippen LogP contribution is -2.12. The third kappa shape index (κ3) is 2.65. The number of rotatable bonds is 3. The van der Waals surface area contributed by atoms with Crippen molar-refractivity contribution in [2.45, 2.75) is 13.3 Å². The summed E-state index contributed by atoms with van der Waals surface area (Å²) in [7, 11) is 0. The molecule has 5 nitrogen and oxygen atoms in total. The molecule has 0 radical (unpaired) electrons. The van der Waals surface area contributed by atoms with E-state index >= 15 is 0 Å². The maximum absolute atomic E-state index is 10.7. The number of fused-ring (bicyclic) bond motifs is 1. The molecule has 0 amide bonds. The lowest BCUT2D eigenvalue weighted by molar-refractivity contribution is -0.384. The normalized spacial score (nSPS) is 13.5. The summed E-state index contributed by atoms with van der Waals surface area (Å²) in [5.74, 6) is 0.871. The predicted molar refractivity (Wildman–Crippen MR) is 83.0 cm³/mol. The molecule has 1 aliphatic heterocycles. The summed E-state index contributed by atoms with van der Waals surface area (Å²) >= 11 is 0. The Morgan fingerprint density at radius 1 is 1.23 bits per heavy atom. The second kappa shape index (κ2) is 5.52. The van der Waals surface area contributed by atoms with E-state index in [1.165, 1.54) is 12.1 Å². The van der Waals surface area contributed by atoms with E-state index in [1.807, 2.05) is 13.0 Å². The smallest absolute Gasteiger partial charge is 0.269 e. The van der Waals surface area contributed by atoms with E-state index in [9.17, 15) is 15.2 Å². The van der Waals surface area contributed by atoms with Crippen molar-refractivity contribution in [1.82, 2.24) is 0 Å². The first-order valence-electron chi connectivity index (χ1n) is 6.93. The van der Waals surface area contributed by atoms with E-state index in [0.717, 1.165) is 22.3 Å². The highest BCUT2D eigenvalue weighted by Gasteiger charge is 2.18. The molecule has 0 spiro atoms. The molecule has 0 aromatic heterocycles. The quantitative estimate of drug-likeness (QED) is 0.692. The summed E-state index contributed by atoms with van der Waals surface area (Å²) in [5.41, 5.74) is 4.33. The molecule has 1 heterocycles. The fourth-order valence-electron chi connectivity index (χ4n) is 2.57. The molecule has 0 aliphatic carbocycles. The molecule has 1 N–H and O–H groups in total. The van der Waals surface area contributed by atoms with Crippen molar-refractivity contribution < 1.29 is 14.8 Å². The van der Waals surface area contributed by atoms with Crippen LogP contribution in [0.5, 0.6) is 11.5 Å². The van der Waals surface area contributed by atoms with Gasteiger partial charge in [0.25, 0.3) is 5.69 Å². The maximum atomic E-state index is 10.7.